The third-order valence-corrected chi connectivity index (χ3v) is 2.81. The lowest BCUT2D eigenvalue weighted by atomic mass is 10.4. The fourth-order valence-corrected chi connectivity index (χ4v) is 1.91. The van der Waals surface area contributed by atoms with Crippen molar-refractivity contribution in [2.75, 3.05) is 20.3 Å². The van der Waals surface area contributed by atoms with E-state index in [0.717, 1.165) is 4.88 Å². The van der Waals surface area contributed by atoms with E-state index in [1.807, 2.05) is 19.1 Å². The van der Waals surface area contributed by atoms with Crippen LogP contribution in [0.15, 0.2) is 12.1 Å². The van der Waals surface area contributed by atoms with Crippen molar-refractivity contribution in [2.24, 2.45) is 0 Å². The number of methoxy groups -OCH3 is 1. The lowest BCUT2D eigenvalue weighted by Gasteiger charge is -2.05. The number of carbonyl (C=O) groups excluding carboxylic acids is 1. The number of hydrogen-bond acceptors (Lipinski definition) is 3. The first-order valence-electron chi connectivity index (χ1n) is 4.78. The van der Waals surface area contributed by atoms with Crippen LogP contribution in [0.5, 0.6) is 0 Å². The van der Waals surface area contributed by atoms with Crippen LogP contribution < -0.4 is 10.6 Å². The van der Waals surface area contributed by atoms with Gasteiger partial charge in [0.15, 0.2) is 0 Å². The lowest BCUT2D eigenvalue weighted by Crippen LogP contribution is -2.36. The van der Waals surface area contributed by atoms with E-state index in [0.29, 0.717) is 19.7 Å². The first-order chi connectivity index (χ1) is 7.22. The Bertz CT molecular complexity index is 312. The van der Waals surface area contributed by atoms with Gasteiger partial charge in [-0.1, -0.05) is 0 Å². The number of hydrogen-bond donors (Lipinski definition) is 2. The summed E-state index contributed by atoms with van der Waals surface area (Å²) in [6, 6.07) is 3.91. The maximum absolute atomic E-state index is 11.2. The van der Waals surface area contributed by atoms with E-state index in [-0.39, 0.29) is 6.03 Å². The smallest absolute Gasteiger partial charge is 0.315 e. The van der Waals surface area contributed by atoms with Crippen molar-refractivity contribution in [3.8, 4) is 0 Å². The summed E-state index contributed by atoms with van der Waals surface area (Å²) in [4.78, 5) is 13.6. The molecule has 15 heavy (non-hydrogen) atoms. The molecule has 2 N–H and O–H groups in total. The molecule has 0 saturated heterocycles. The third-order valence-electron chi connectivity index (χ3n) is 1.81. The highest BCUT2D eigenvalue weighted by atomic mass is 32.1. The molecule has 0 saturated carbocycles. The summed E-state index contributed by atoms with van der Waals surface area (Å²) >= 11 is 1.69. The SMILES string of the molecule is COCCNC(=O)NCc1ccc(C)s1. The molecule has 5 heteroatoms. The van der Waals surface area contributed by atoms with E-state index in [1.165, 1.54) is 4.88 Å². The van der Waals surface area contributed by atoms with Crippen LogP contribution >= 0.6 is 11.3 Å². The summed E-state index contributed by atoms with van der Waals surface area (Å²) in [5.74, 6) is 0. The molecule has 2 amide bonds. The van der Waals surface area contributed by atoms with Gasteiger partial charge in [0.05, 0.1) is 13.2 Å². The van der Waals surface area contributed by atoms with E-state index < -0.39 is 0 Å². The minimum atomic E-state index is -0.155. The molecule has 1 aromatic rings. The predicted octanol–water partition coefficient (Wildman–Crippen LogP) is 1.50. The van der Waals surface area contributed by atoms with Gasteiger partial charge < -0.3 is 15.4 Å². The number of aryl methyl sites for hydroxylation is 1. The van der Waals surface area contributed by atoms with E-state index in [1.54, 1.807) is 18.4 Å². The number of ether oxygens (including phenoxy) is 1. The molecule has 0 aliphatic carbocycles. The summed E-state index contributed by atoms with van der Waals surface area (Å²) in [6.07, 6.45) is 0. The van der Waals surface area contributed by atoms with Crippen LogP contribution in [-0.2, 0) is 11.3 Å². The van der Waals surface area contributed by atoms with E-state index in [4.69, 9.17) is 4.74 Å². The predicted molar refractivity (Wildman–Crippen MR) is 61.2 cm³/mol. The molecule has 1 heterocycles. The minimum Gasteiger partial charge on any atom is -0.383 e. The Morgan fingerprint density at radius 1 is 1.47 bits per heavy atom. The Hall–Kier alpha value is -1.07. The fraction of sp³-hybridized carbons (Fsp3) is 0.500. The van der Waals surface area contributed by atoms with Crippen molar-refractivity contribution in [2.45, 2.75) is 13.5 Å². The van der Waals surface area contributed by atoms with Crippen molar-refractivity contribution in [3.05, 3.63) is 21.9 Å². The average molecular weight is 228 g/mol. The van der Waals surface area contributed by atoms with Crippen molar-refractivity contribution in [3.63, 3.8) is 0 Å². The summed E-state index contributed by atoms with van der Waals surface area (Å²) < 4.78 is 4.82. The third kappa shape index (κ3) is 4.80. The number of amides is 2. The quantitative estimate of drug-likeness (QED) is 0.750. The molecule has 0 aromatic carbocycles. The van der Waals surface area contributed by atoms with E-state index in [9.17, 15) is 4.79 Å². The molecular weight excluding hydrogens is 212 g/mol. The maximum Gasteiger partial charge on any atom is 0.315 e. The second-order valence-corrected chi connectivity index (χ2v) is 4.49. The summed E-state index contributed by atoms with van der Waals surface area (Å²) in [7, 11) is 1.61. The van der Waals surface area contributed by atoms with Gasteiger partial charge in [0.25, 0.3) is 0 Å². The summed E-state index contributed by atoms with van der Waals surface area (Å²) in [5.41, 5.74) is 0. The van der Waals surface area contributed by atoms with Gasteiger partial charge in [0, 0.05) is 23.4 Å². The molecule has 0 aliphatic heterocycles. The number of carbonyl (C=O) groups is 1. The molecule has 84 valence electrons. The Kier molecular flexibility index (Phi) is 5.14. The van der Waals surface area contributed by atoms with Gasteiger partial charge >= 0.3 is 6.03 Å². The van der Waals surface area contributed by atoms with Crippen molar-refractivity contribution in [1.29, 1.82) is 0 Å². The largest absolute Gasteiger partial charge is 0.383 e. The van der Waals surface area contributed by atoms with Crippen LogP contribution in [0.3, 0.4) is 0 Å². The molecule has 0 aliphatic rings. The molecule has 0 bridgehead atoms. The molecule has 0 fully saturated rings. The Labute approximate surface area is 93.6 Å². The standard InChI is InChI=1S/C10H16N2O2S/c1-8-3-4-9(15-8)7-12-10(13)11-5-6-14-2/h3-4H,5-7H2,1-2H3,(H2,11,12,13). The zero-order valence-corrected chi connectivity index (χ0v) is 9.82. The van der Waals surface area contributed by atoms with E-state index in [2.05, 4.69) is 10.6 Å². The van der Waals surface area contributed by atoms with Crippen LogP contribution in [0.2, 0.25) is 0 Å². The minimum absolute atomic E-state index is 0.155. The van der Waals surface area contributed by atoms with Gasteiger partial charge in [0.1, 0.15) is 0 Å². The molecule has 4 nitrogen and oxygen atoms in total. The molecule has 1 aromatic heterocycles. The van der Waals surface area contributed by atoms with Gasteiger partial charge in [-0.25, -0.2) is 4.79 Å². The van der Waals surface area contributed by atoms with Crippen molar-refractivity contribution < 1.29 is 9.53 Å². The second kappa shape index (κ2) is 6.42. The molecule has 0 radical (unpaired) electrons. The second-order valence-electron chi connectivity index (χ2n) is 3.11. The topological polar surface area (TPSA) is 50.4 Å². The van der Waals surface area contributed by atoms with Crippen molar-refractivity contribution in [1.82, 2.24) is 10.6 Å². The first kappa shape index (κ1) is 12.0. The summed E-state index contributed by atoms with van der Waals surface area (Å²) in [6.45, 7) is 3.70. The molecule has 0 atom stereocenters. The van der Waals surface area contributed by atoms with Gasteiger partial charge in [-0.2, -0.15) is 0 Å². The van der Waals surface area contributed by atoms with Crippen LogP contribution in [0.4, 0.5) is 4.79 Å². The number of rotatable bonds is 5. The molecule has 1 rings (SSSR count). The summed E-state index contributed by atoms with van der Waals surface area (Å²) in [5, 5.41) is 5.47. The average Bonchev–Trinajstić information content (AvgIpc) is 2.62. The monoisotopic (exact) mass is 228 g/mol. The number of thiophene rings is 1. The number of urea groups is 1. The highest BCUT2D eigenvalue weighted by molar-refractivity contribution is 7.11. The van der Waals surface area contributed by atoms with E-state index >= 15 is 0 Å². The van der Waals surface area contributed by atoms with Crippen molar-refractivity contribution >= 4 is 17.4 Å². The molecule has 0 unspecified atom stereocenters. The van der Waals surface area contributed by atoms with Crippen LogP contribution in [0.25, 0.3) is 0 Å². The van der Waals surface area contributed by atoms with Gasteiger partial charge in [-0.15, -0.1) is 11.3 Å². The van der Waals surface area contributed by atoms with Crippen LogP contribution in [-0.4, -0.2) is 26.3 Å². The van der Waals surface area contributed by atoms with Gasteiger partial charge in [0.2, 0.25) is 0 Å². The Morgan fingerprint density at radius 3 is 2.87 bits per heavy atom. The lowest BCUT2D eigenvalue weighted by molar-refractivity contribution is 0.196. The van der Waals surface area contributed by atoms with Gasteiger partial charge in [-0.05, 0) is 19.1 Å². The highest BCUT2D eigenvalue weighted by Crippen LogP contribution is 2.14. The van der Waals surface area contributed by atoms with Crippen LogP contribution in [0.1, 0.15) is 9.75 Å². The normalized spacial score (nSPS) is 10.0. The first-order valence-corrected chi connectivity index (χ1v) is 5.60. The highest BCUT2D eigenvalue weighted by Gasteiger charge is 2.00. The zero-order chi connectivity index (χ0) is 11.1. The maximum atomic E-state index is 11.2. The molecular formula is C10H16N2O2S. The Morgan fingerprint density at radius 2 is 2.27 bits per heavy atom. The van der Waals surface area contributed by atoms with Crippen LogP contribution in [0, 0.1) is 6.92 Å². The zero-order valence-electron chi connectivity index (χ0n) is 9.00. The Balaban J connectivity index is 2.16. The van der Waals surface area contributed by atoms with Gasteiger partial charge in [-0.3, -0.25) is 0 Å². The number of nitrogens with one attached hydrogen (secondary N) is 2. The fourth-order valence-electron chi connectivity index (χ4n) is 1.08. The molecule has 0 spiro atoms.